The fourth-order valence-electron chi connectivity index (χ4n) is 3.11. The van der Waals surface area contributed by atoms with Crippen LogP contribution < -0.4 is 19.5 Å². The highest BCUT2D eigenvalue weighted by molar-refractivity contribution is 6.32. The zero-order valence-corrected chi connectivity index (χ0v) is 16.6. The number of hydrogen-bond donors (Lipinski definition) is 1. The first-order valence-corrected chi connectivity index (χ1v) is 9.94. The molecule has 6 nitrogen and oxygen atoms in total. The second-order valence-corrected chi connectivity index (χ2v) is 7.03. The summed E-state index contributed by atoms with van der Waals surface area (Å²) < 4.78 is 17.1. The molecular formula is C22H21ClN2O4. The third-order valence-electron chi connectivity index (χ3n) is 4.52. The van der Waals surface area contributed by atoms with E-state index in [1.54, 1.807) is 18.3 Å². The molecule has 150 valence electrons. The minimum Gasteiger partial charge on any atom is -0.491 e. The second-order valence-electron chi connectivity index (χ2n) is 6.62. The molecule has 1 amide bonds. The van der Waals surface area contributed by atoms with E-state index in [2.05, 4.69) is 10.3 Å². The topological polar surface area (TPSA) is 69.7 Å². The molecule has 0 spiro atoms. The Morgan fingerprint density at radius 1 is 1.17 bits per heavy atom. The number of nitrogens with one attached hydrogen (secondary N) is 1. The molecule has 0 atom stereocenters. The Labute approximate surface area is 173 Å². The first-order valence-electron chi connectivity index (χ1n) is 9.56. The summed E-state index contributed by atoms with van der Waals surface area (Å²) in [4.78, 5) is 16.8. The highest BCUT2D eigenvalue weighted by Gasteiger charge is 2.18. The third-order valence-corrected chi connectivity index (χ3v) is 4.81. The van der Waals surface area contributed by atoms with Crippen molar-refractivity contribution in [2.45, 2.75) is 12.8 Å². The van der Waals surface area contributed by atoms with Crippen molar-refractivity contribution in [3.8, 4) is 17.2 Å². The standard InChI is InChI=1S/C22H21ClN2O4/c23-17-13-16(14-19-21(17)29-12-4-11-28-19)22(26)25-9-3-10-27-18-7-1-5-15-6-2-8-24-20(15)18/h1-2,5-8,13-14H,3-4,9-12H2,(H,25,26). The van der Waals surface area contributed by atoms with Gasteiger partial charge in [0.25, 0.3) is 5.91 Å². The average Bonchev–Trinajstić information content (AvgIpc) is 2.99. The number of hydrogen-bond acceptors (Lipinski definition) is 5. The summed E-state index contributed by atoms with van der Waals surface area (Å²) in [6.45, 7) is 2.03. The van der Waals surface area contributed by atoms with Crippen LogP contribution in [0.4, 0.5) is 0 Å². The molecule has 3 aromatic rings. The van der Waals surface area contributed by atoms with Crippen LogP contribution in [0, 0.1) is 0 Å². The zero-order valence-electron chi connectivity index (χ0n) is 15.8. The lowest BCUT2D eigenvalue weighted by molar-refractivity contribution is 0.0951. The molecule has 4 rings (SSSR count). The Kier molecular flexibility index (Phi) is 6.00. The summed E-state index contributed by atoms with van der Waals surface area (Å²) in [6.07, 6.45) is 3.18. The van der Waals surface area contributed by atoms with Gasteiger partial charge in [-0.05, 0) is 30.7 Å². The van der Waals surface area contributed by atoms with Crippen molar-refractivity contribution in [1.82, 2.24) is 10.3 Å². The van der Waals surface area contributed by atoms with Gasteiger partial charge in [0.05, 0.1) is 24.8 Å². The molecular weight excluding hydrogens is 392 g/mol. The monoisotopic (exact) mass is 412 g/mol. The van der Waals surface area contributed by atoms with Gasteiger partial charge < -0.3 is 19.5 Å². The lowest BCUT2D eigenvalue weighted by atomic mass is 10.2. The smallest absolute Gasteiger partial charge is 0.251 e. The number of halogens is 1. The summed E-state index contributed by atoms with van der Waals surface area (Å²) >= 11 is 6.25. The van der Waals surface area contributed by atoms with Crippen LogP contribution in [-0.4, -0.2) is 37.3 Å². The number of amides is 1. The van der Waals surface area contributed by atoms with Crippen LogP contribution in [0.25, 0.3) is 10.9 Å². The van der Waals surface area contributed by atoms with E-state index in [1.807, 2.05) is 30.3 Å². The highest BCUT2D eigenvalue weighted by Crippen LogP contribution is 2.37. The molecule has 0 unspecified atom stereocenters. The van der Waals surface area contributed by atoms with Crippen molar-refractivity contribution < 1.29 is 19.0 Å². The van der Waals surface area contributed by atoms with Gasteiger partial charge in [-0.2, -0.15) is 0 Å². The summed E-state index contributed by atoms with van der Waals surface area (Å²) in [6, 6.07) is 13.0. The maximum absolute atomic E-state index is 12.5. The van der Waals surface area contributed by atoms with E-state index in [-0.39, 0.29) is 5.91 Å². The van der Waals surface area contributed by atoms with Crippen molar-refractivity contribution in [3.05, 3.63) is 59.2 Å². The molecule has 29 heavy (non-hydrogen) atoms. The van der Waals surface area contributed by atoms with E-state index >= 15 is 0 Å². The van der Waals surface area contributed by atoms with Gasteiger partial charge in [0.1, 0.15) is 11.3 Å². The van der Waals surface area contributed by atoms with Crippen molar-refractivity contribution in [2.24, 2.45) is 0 Å². The number of benzene rings is 2. The van der Waals surface area contributed by atoms with Crippen LogP contribution in [0.1, 0.15) is 23.2 Å². The summed E-state index contributed by atoms with van der Waals surface area (Å²) in [5.74, 6) is 1.53. The fraction of sp³-hybridized carbons (Fsp3) is 0.273. The molecule has 1 aromatic heterocycles. The third kappa shape index (κ3) is 4.54. The van der Waals surface area contributed by atoms with Crippen molar-refractivity contribution in [3.63, 3.8) is 0 Å². The molecule has 0 bridgehead atoms. The van der Waals surface area contributed by atoms with Crippen molar-refractivity contribution >= 4 is 28.4 Å². The maximum Gasteiger partial charge on any atom is 0.251 e. The Hall–Kier alpha value is -2.99. The number of aromatic nitrogens is 1. The van der Waals surface area contributed by atoms with Crippen LogP contribution in [0.5, 0.6) is 17.2 Å². The van der Waals surface area contributed by atoms with Crippen LogP contribution in [0.2, 0.25) is 5.02 Å². The summed E-state index contributed by atoms with van der Waals surface area (Å²) in [5.41, 5.74) is 1.28. The fourth-order valence-corrected chi connectivity index (χ4v) is 3.38. The predicted octanol–water partition coefficient (Wildman–Crippen LogP) is 4.25. The van der Waals surface area contributed by atoms with E-state index in [4.69, 9.17) is 25.8 Å². The number of pyridine rings is 1. The van der Waals surface area contributed by atoms with Crippen LogP contribution >= 0.6 is 11.6 Å². The average molecular weight is 413 g/mol. The highest BCUT2D eigenvalue weighted by atomic mass is 35.5. The number of para-hydroxylation sites is 1. The molecule has 1 N–H and O–H groups in total. The molecule has 0 fully saturated rings. The van der Waals surface area contributed by atoms with E-state index in [0.29, 0.717) is 54.9 Å². The molecule has 2 aromatic carbocycles. The van der Waals surface area contributed by atoms with Crippen molar-refractivity contribution in [2.75, 3.05) is 26.4 Å². The molecule has 7 heteroatoms. The SMILES string of the molecule is O=C(NCCCOc1cccc2cccnc12)c1cc(Cl)c2c(c1)OCCCO2. The normalized spacial score (nSPS) is 13.0. The van der Waals surface area contributed by atoms with E-state index in [1.165, 1.54) is 0 Å². The van der Waals surface area contributed by atoms with Crippen LogP contribution in [0.3, 0.4) is 0 Å². The zero-order chi connectivity index (χ0) is 20.1. The quantitative estimate of drug-likeness (QED) is 0.613. The van der Waals surface area contributed by atoms with E-state index in [9.17, 15) is 4.79 Å². The summed E-state index contributed by atoms with van der Waals surface area (Å²) in [7, 11) is 0. The molecule has 2 heterocycles. The number of carbonyl (C=O) groups excluding carboxylic acids is 1. The Morgan fingerprint density at radius 2 is 2.03 bits per heavy atom. The lowest BCUT2D eigenvalue weighted by Crippen LogP contribution is -2.25. The van der Waals surface area contributed by atoms with Gasteiger partial charge in [-0.1, -0.05) is 29.8 Å². The van der Waals surface area contributed by atoms with E-state index < -0.39 is 0 Å². The van der Waals surface area contributed by atoms with Crippen LogP contribution in [0.15, 0.2) is 48.7 Å². The number of nitrogens with zero attached hydrogens (tertiary/aromatic N) is 1. The van der Waals surface area contributed by atoms with Gasteiger partial charge in [-0.3, -0.25) is 9.78 Å². The maximum atomic E-state index is 12.5. The first-order chi connectivity index (χ1) is 14.2. The van der Waals surface area contributed by atoms with Gasteiger partial charge in [-0.15, -0.1) is 0 Å². The lowest BCUT2D eigenvalue weighted by Gasteiger charge is -2.12. The Bertz CT molecular complexity index is 1020. The molecule has 0 radical (unpaired) electrons. The number of rotatable bonds is 6. The second kappa shape index (κ2) is 9.01. The summed E-state index contributed by atoms with van der Waals surface area (Å²) in [5, 5.41) is 4.29. The molecule has 1 aliphatic heterocycles. The molecule has 0 saturated heterocycles. The van der Waals surface area contributed by atoms with Gasteiger partial charge >= 0.3 is 0 Å². The first kappa shape index (κ1) is 19.3. The van der Waals surface area contributed by atoms with Crippen LogP contribution in [-0.2, 0) is 0 Å². The Morgan fingerprint density at radius 3 is 2.97 bits per heavy atom. The minimum atomic E-state index is -0.214. The number of carbonyl (C=O) groups is 1. The van der Waals surface area contributed by atoms with E-state index in [0.717, 1.165) is 23.1 Å². The molecule has 0 aliphatic carbocycles. The van der Waals surface area contributed by atoms with Gasteiger partial charge in [0, 0.05) is 30.1 Å². The number of fused-ring (bicyclic) bond motifs is 2. The van der Waals surface area contributed by atoms with Crippen molar-refractivity contribution in [1.29, 1.82) is 0 Å². The predicted molar refractivity (Wildman–Crippen MR) is 111 cm³/mol. The largest absolute Gasteiger partial charge is 0.491 e. The Balaban J connectivity index is 1.30. The van der Waals surface area contributed by atoms with Gasteiger partial charge in [0.15, 0.2) is 11.5 Å². The number of ether oxygens (including phenoxy) is 3. The minimum absolute atomic E-state index is 0.214. The molecule has 1 aliphatic rings. The molecule has 0 saturated carbocycles. The van der Waals surface area contributed by atoms with Gasteiger partial charge in [-0.25, -0.2) is 0 Å². The van der Waals surface area contributed by atoms with Gasteiger partial charge in [0.2, 0.25) is 0 Å².